The maximum Gasteiger partial charge on any atom is 0.307 e. The summed E-state index contributed by atoms with van der Waals surface area (Å²) < 4.78 is 4.72. The number of benzene rings is 1. The maximum atomic E-state index is 12.2. The molecule has 1 atom stereocenters. The van der Waals surface area contributed by atoms with E-state index in [9.17, 15) is 9.59 Å². The molecule has 0 radical (unpaired) electrons. The van der Waals surface area contributed by atoms with E-state index in [-0.39, 0.29) is 30.3 Å². The number of carbonyl (C=O) groups is 2. The molecule has 0 heterocycles. The fraction of sp³-hybridized carbons (Fsp3) is 0.500. The molecule has 1 amide bonds. The first-order valence-electron chi connectivity index (χ1n) is 7.13. The summed E-state index contributed by atoms with van der Waals surface area (Å²) in [4.78, 5) is 23.8. The van der Waals surface area contributed by atoms with Gasteiger partial charge in [0.15, 0.2) is 0 Å². The summed E-state index contributed by atoms with van der Waals surface area (Å²) in [5.74, 6) is -0.162. The van der Waals surface area contributed by atoms with Gasteiger partial charge in [0.05, 0.1) is 19.6 Å². The number of amides is 1. The molecule has 1 N–H and O–H groups in total. The smallest absolute Gasteiger partial charge is 0.307 e. The predicted molar refractivity (Wildman–Crippen MR) is 75.9 cm³/mol. The van der Waals surface area contributed by atoms with E-state index in [1.807, 2.05) is 30.3 Å². The second kappa shape index (κ2) is 7.08. The Morgan fingerprint density at radius 3 is 2.50 bits per heavy atom. The summed E-state index contributed by atoms with van der Waals surface area (Å²) in [6.45, 7) is 0. The van der Waals surface area contributed by atoms with Crippen molar-refractivity contribution in [3.8, 4) is 0 Å². The molecule has 4 nitrogen and oxygen atoms in total. The molecule has 1 aromatic carbocycles. The molecule has 4 heteroatoms. The van der Waals surface area contributed by atoms with Gasteiger partial charge < -0.3 is 10.1 Å². The molecule has 2 rings (SSSR count). The molecule has 0 bridgehead atoms. The van der Waals surface area contributed by atoms with Crippen LogP contribution in [0.2, 0.25) is 0 Å². The van der Waals surface area contributed by atoms with Crippen LogP contribution in [0.4, 0.5) is 0 Å². The third kappa shape index (κ3) is 3.83. The van der Waals surface area contributed by atoms with E-state index >= 15 is 0 Å². The van der Waals surface area contributed by atoms with Crippen LogP contribution in [-0.2, 0) is 14.3 Å². The number of hydrogen-bond donors (Lipinski definition) is 1. The van der Waals surface area contributed by atoms with Crippen LogP contribution in [-0.4, -0.2) is 19.0 Å². The van der Waals surface area contributed by atoms with Crippen LogP contribution in [0.1, 0.15) is 43.7 Å². The molecule has 1 saturated carbocycles. The van der Waals surface area contributed by atoms with Gasteiger partial charge in [-0.25, -0.2) is 0 Å². The second-order valence-electron chi connectivity index (χ2n) is 5.23. The van der Waals surface area contributed by atoms with Crippen LogP contribution < -0.4 is 5.32 Å². The quantitative estimate of drug-likeness (QED) is 0.840. The molecule has 1 fully saturated rings. The summed E-state index contributed by atoms with van der Waals surface area (Å²) in [5.41, 5.74) is 0.934. The zero-order valence-electron chi connectivity index (χ0n) is 11.8. The summed E-state index contributed by atoms with van der Waals surface area (Å²) >= 11 is 0. The van der Waals surface area contributed by atoms with Crippen molar-refractivity contribution in [2.45, 2.75) is 38.1 Å². The van der Waals surface area contributed by atoms with Gasteiger partial charge in [0.2, 0.25) is 5.91 Å². The van der Waals surface area contributed by atoms with E-state index in [1.165, 1.54) is 7.11 Å². The lowest BCUT2D eigenvalue weighted by Gasteiger charge is -2.20. The number of methoxy groups -OCH3 is 1. The molecule has 1 aliphatic carbocycles. The summed E-state index contributed by atoms with van der Waals surface area (Å²) in [7, 11) is 1.36. The summed E-state index contributed by atoms with van der Waals surface area (Å²) in [6, 6.07) is 9.25. The van der Waals surface area contributed by atoms with Crippen molar-refractivity contribution in [2.75, 3.05) is 7.11 Å². The van der Waals surface area contributed by atoms with Crippen LogP contribution in [0.25, 0.3) is 0 Å². The van der Waals surface area contributed by atoms with Gasteiger partial charge in [-0.05, 0) is 18.4 Å². The Bertz CT molecular complexity index is 452. The van der Waals surface area contributed by atoms with E-state index in [0.29, 0.717) is 0 Å². The number of nitrogens with one attached hydrogen (secondary N) is 1. The number of hydrogen-bond acceptors (Lipinski definition) is 3. The average molecular weight is 275 g/mol. The molecule has 0 saturated heterocycles. The van der Waals surface area contributed by atoms with Crippen molar-refractivity contribution in [2.24, 2.45) is 5.92 Å². The van der Waals surface area contributed by atoms with Gasteiger partial charge in [-0.2, -0.15) is 0 Å². The van der Waals surface area contributed by atoms with Gasteiger partial charge in [-0.1, -0.05) is 43.2 Å². The Labute approximate surface area is 119 Å². The average Bonchev–Trinajstić information content (AvgIpc) is 3.01. The second-order valence-corrected chi connectivity index (χ2v) is 5.23. The van der Waals surface area contributed by atoms with Crippen LogP contribution in [0.3, 0.4) is 0 Å². The van der Waals surface area contributed by atoms with Gasteiger partial charge in [0, 0.05) is 5.92 Å². The molecule has 20 heavy (non-hydrogen) atoms. The molecule has 108 valence electrons. The molecule has 1 unspecified atom stereocenters. The Kier molecular flexibility index (Phi) is 5.16. The van der Waals surface area contributed by atoms with Crippen molar-refractivity contribution < 1.29 is 14.3 Å². The number of ether oxygens (including phenoxy) is 1. The lowest BCUT2D eigenvalue weighted by atomic mass is 10.0. The van der Waals surface area contributed by atoms with E-state index in [4.69, 9.17) is 4.74 Å². The monoisotopic (exact) mass is 275 g/mol. The largest absolute Gasteiger partial charge is 0.469 e. The minimum atomic E-state index is -0.314. The molecule has 0 aromatic heterocycles. The first-order chi connectivity index (χ1) is 9.70. The van der Waals surface area contributed by atoms with Crippen molar-refractivity contribution in [3.63, 3.8) is 0 Å². The predicted octanol–water partition coefficient (Wildman–Crippen LogP) is 2.60. The highest BCUT2D eigenvalue weighted by Gasteiger charge is 2.26. The van der Waals surface area contributed by atoms with Crippen LogP contribution in [0.5, 0.6) is 0 Å². The number of carbonyl (C=O) groups excluding carboxylic acids is 2. The Morgan fingerprint density at radius 2 is 1.90 bits per heavy atom. The molecule has 1 aliphatic rings. The van der Waals surface area contributed by atoms with Crippen molar-refractivity contribution in [3.05, 3.63) is 35.9 Å². The zero-order valence-corrected chi connectivity index (χ0v) is 11.8. The van der Waals surface area contributed by atoms with E-state index in [0.717, 1.165) is 31.2 Å². The van der Waals surface area contributed by atoms with Gasteiger partial charge >= 0.3 is 5.97 Å². The Hall–Kier alpha value is -1.84. The highest BCUT2D eigenvalue weighted by atomic mass is 16.5. The number of esters is 1. The molecule has 0 aliphatic heterocycles. The first kappa shape index (κ1) is 14.6. The number of rotatable bonds is 5. The van der Waals surface area contributed by atoms with Gasteiger partial charge in [-0.15, -0.1) is 0 Å². The van der Waals surface area contributed by atoms with Gasteiger partial charge in [0.1, 0.15) is 0 Å². The van der Waals surface area contributed by atoms with Crippen LogP contribution in [0.15, 0.2) is 30.3 Å². The molecule has 1 aromatic rings. The fourth-order valence-electron chi connectivity index (χ4n) is 2.67. The highest BCUT2D eigenvalue weighted by Crippen LogP contribution is 2.26. The zero-order chi connectivity index (χ0) is 14.4. The Balaban J connectivity index is 2.06. The van der Waals surface area contributed by atoms with Gasteiger partial charge in [0.25, 0.3) is 0 Å². The third-order valence-electron chi connectivity index (χ3n) is 3.84. The normalized spacial score (nSPS) is 16.6. The van der Waals surface area contributed by atoms with Crippen molar-refractivity contribution in [1.29, 1.82) is 0 Å². The fourth-order valence-corrected chi connectivity index (χ4v) is 2.67. The standard InChI is InChI=1S/C16H21NO3/c1-20-15(18)11-14(12-7-3-2-4-8-12)17-16(19)13-9-5-6-10-13/h2-4,7-8,13-14H,5-6,9-11H2,1H3,(H,17,19). The van der Waals surface area contributed by atoms with Crippen LogP contribution in [0, 0.1) is 5.92 Å². The topological polar surface area (TPSA) is 55.4 Å². The van der Waals surface area contributed by atoms with E-state index in [1.54, 1.807) is 0 Å². The summed E-state index contributed by atoms with van der Waals surface area (Å²) in [6.07, 6.45) is 4.30. The highest BCUT2D eigenvalue weighted by molar-refractivity contribution is 5.80. The minimum absolute atomic E-state index is 0.0558. The Morgan fingerprint density at radius 1 is 1.25 bits per heavy atom. The van der Waals surface area contributed by atoms with Gasteiger partial charge in [-0.3, -0.25) is 9.59 Å². The van der Waals surface area contributed by atoms with E-state index in [2.05, 4.69) is 5.32 Å². The molecular weight excluding hydrogens is 254 g/mol. The summed E-state index contributed by atoms with van der Waals surface area (Å²) in [5, 5.41) is 3.00. The maximum absolute atomic E-state index is 12.2. The third-order valence-corrected chi connectivity index (χ3v) is 3.84. The van der Waals surface area contributed by atoms with Crippen molar-refractivity contribution in [1.82, 2.24) is 5.32 Å². The lowest BCUT2D eigenvalue weighted by Crippen LogP contribution is -2.34. The van der Waals surface area contributed by atoms with E-state index < -0.39 is 0 Å². The van der Waals surface area contributed by atoms with Crippen molar-refractivity contribution >= 4 is 11.9 Å². The SMILES string of the molecule is COC(=O)CC(NC(=O)C1CCCC1)c1ccccc1. The first-order valence-corrected chi connectivity index (χ1v) is 7.13. The minimum Gasteiger partial charge on any atom is -0.469 e. The lowest BCUT2D eigenvalue weighted by molar-refractivity contribution is -0.141. The molecular formula is C16H21NO3. The van der Waals surface area contributed by atoms with Crippen LogP contribution >= 0.6 is 0 Å². The molecule has 0 spiro atoms.